The fraction of sp³-hybridized carbons (Fsp3) is 0.830. The van der Waals surface area contributed by atoms with Crippen molar-refractivity contribution in [2.45, 2.75) is 248 Å². The van der Waals surface area contributed by atoms with Crippen molar-refractivity contribution in [1.29, 1.82) is 0 Å². The van der Waals surface area contributed by atoms with Crippen LogP contribution in [0.4, 0.5) is 0 Å². The molecule has 11 unspecified atom stereocenters. The van der Waals surface area contributed by atoms with E-state index in [1.165, 1.54) is 109 Å². The second-order valence-electron chi connectivity index (χ2n) is 18.3. The quantitative estimate of drug-likeness (QED) is 0.0176. The molecule has 0 aromatic heterocycles. The van der Waals surface area contributed by atoms with Gasteiger partial charge in [-0.05, 0) is 38.5 Å². The number of carbonyl (C=O) groups excluding carboxylic acids is 1. The number of ether oxygens (including phenoxy) is 6. The van der Waals surface area contributed by atoms with Crippen LogP contribution in [0.2, 0.25) is 0 Å². The first kappa shape index (κ1) is 61.1. The Labute approximate surface area is 403 Å². The third kappa shape index (κ3) is 28.4. The summed E-state index contributed by atoms with van der Waals surface area (Å²) >= 11 is 0. The van der Waals surface area contributed by atoms with Crippen LogP contribution in [0.3, 0.4) is 0 Å². The third-order valence-electron chi connectivity index (χ3n) is 12.4. The highest BCUT2D eigenvalue weighted by atomic mass is 16.7. The number of hydrogen-bond acceptors (Lipinski definition) is 14. The summed E-state index contributed by atoms with van der Waals surface area (Å²) in [4.78, 5) is 12.9. The van der Waals surface area contributed by atoms with Gasteiger partial charge in [0.25, 0.3) is 0 Å². The highest BCUT2D eigenvalue weighted by Crippen LogP contribution is 2.26. The zero-order chi connectivity index (χ0) is 48.7. The predicted octanol–water partition coefficient (Wildman–Crippen LogP) is 7.96. The van der Waals surface area contributed by atoms with Crippen LogP contribution in [-0.4, -0.2) is 142 Å². The summed E-state index contributed by atoms with van der Waals surface area (Å²) in [6.07, 6.45) is 30.6. The van der Waals surface area contributed by atoms with E-state index in [1.54, 1.807) is 0 Å². The molecule has 0 radical (unpaired) electrons. The minimum absolute atomic E-state index is 0.0342. The van der Waals surface area contributed by atoms with Crippen LogP contribution in [0.15, 0.2) is 48.6 Å². The summed E-state index contributed by atoms with van der Waals surface area (Å²) in [7, 11) is 0. The van der Waals surface area contributed by atoms with Crippen molar-refractivity contribution in [2.24, 2.45) is 0 Å². The fourth-order valence-electron chi connectivity index (χ4n) is 8.12. The maximum absolute atomic E-state index is 12.9. The standard InChI is InChI=1S/C53H94O14/c1-3-5-7-9-11-13-15-17-18-19-20-21-22-23-25-27-29-31-33-35-37-62-39-42(65-45(55)36-34-32-30-28-26-24-16-14-12-10-8-6-4-2)40-63-52-51(61)49(59)47(57)44(67-52)41-64-53-50(60)48(58)46(56)43(38-54)66-53/h6,8,12,14,24,26,30,32,42-44,46-54,56-61H,3-5,7,9-11,13,15-23,25,27-29,31,33-41H2,1-2H3/b8-6-,14-12-,26-24-,32-30-. The van der Waals surface area contributed by atoms with E-state index in [-0.39, 0.29) is 19.6 Å². The van der Waals surface area contributed by atoms with Gasteiger partial charge in [0.15, 0.2) is 12.6 Å². The molecule has 0 aromatic rings. The minimum Gasteiger partial charge on any atom is -0.457 e. The first-order valence-corrected chi connectivity index (χ1v) is 26.2. The van der Waals surface area contributed by atoms with Gasteiger partial charge in [0.1, 0.15) is 54.9 Å². The van der Waals surface area contributed by atoms with E-state index in [2.05, 4.69) is 50.3 Å². The summed E-state index contributed by atoms with van der Waals surface area (Å²) in [5, 5.41) is 72.1. The molecule has 390 valence electrons. The van der Waals surface area contributed by atoms with E-state index in [0.717, 1.165) is 44.9 Å². The minimum atomic E-state index is -1.72. The number of aliphatic hydroxyl groups is 7. The molecule has 0 amide bonds. The smallest absolute Gasteiger partial charge is 0.306 e. The van der Waals surface area contributed by atoms with Crippen molar-refractivity contribution in [3.63, 3.8) is 0 Å². The van der Waals surface area contributed by atoms with Crippen LogP contribution in [0.25, 0.3) is 0 Å². The molecule has 0 aliphatic carbocycles. The number of esters is 1. The largest absolute Gasteiger partial charge is 0.457 e. The maximum atomic E-state index is 12.9. The second-order valence-corrected chi connectivity index (χ2v) is 18.3. The van der Waals surface area contributed by atoms with Gasteiger partial charge in [0.2, 0.25) is 0 Å². The Hall–Kier alpha value is -2.05. The van der Waals surface area contributed by atoms with Crippen LogP contribution >= 0.6 is 0 Å². The molecule has 0 spiro atoms. The Morgan fingerprint density at radius 3 is 1.43 bits per heavy atom. The average Bonchev–Trinajstić information content (AvgIpc) is 3.32. The van der Waals surface area contributed by atoms with Crippen LogP contribution in [0, 0.1) is 0 Å². The fourth-order valence-corrected chi connectivity index (χ4v) is 8.12. The topological polar surface area (TPSA) is 214 Å². The normalized spacial score (nSPS) is 26.5. The molecule has 14 nitrogen and oxygen atoms in total. The average molecular weight is 955 g/mol. The number of aliphatic hydroxyl groups excluding tert-OH is 7. The molecule has 2 fully saturated rings. The van der Waals surface area contributed by atoms with Gasteiger partial charge in [-0.3, -0.25) is 4.79 Å². The van der Waals surface area contributed by atoms with Gasteiger partial charge in [-0.1, -0.05) is 184 Å². The van der Waals surface area contributed by atoms with Crippen molar-refractivity contribution in [2.75, 3.05) is 33.0 Å². The predicted molar refractivity (Wildman–Crippen MR) is 261 cm³/mol. The van der Waals surface area contributed by atoms with Gasteiger partial charge in [0, 0.05) is 13.0 Å². The molecule has 0 aromatic carbocycles. The number of carbonyl (C=O) groups is 1. The van der Waals surface area contributed by atoms with Gasteiger partial charge in [0.05, 0.1) is 26.4 Å². The Bertz CT molecular complexity index is 1290. The first-order chi connectivity index (χ1) is 32.6. The molecule has 2 aliphatic rings. The highest BCUT2D eigenvalue weighted by Gasteiger charge is 2.47. The molecule has 0 saturated carbocycles. The van der Waals surface area contributed by atoms with Gasteiger partial charge >= 0.3 is 5.97 Å². The monoisotopic (exact) mass is 955 g/mol. The number of rotatable bonds is 41. The zero-order valence-corrected chi connectivity index (χ0v) is 41.4. The van der Waals surface area contributed by atoms with Crippen molar-refractivity contribution in [3.05, 3.63) is 48.6 Å². The van der Waals surface area contributed by atoms with Crippen molar-refractivity contribution < 1.29 is 69.0 Å². The summed E-state index contributed by atoms with van der Waals surface area (Å²) in [6, 6.07) is 0. The Kier molecular flexibility index (Phi) is 37.1. The Morgan fingerprint density at radius 2 is 0.940 bits per heavy atom. The molecule has 7 N–H and O–H groups in total. The molecule has 67 heavy (non-hydrogen) atoms. The Balaban J connectivity index is 1.76. The Morgan fingerprint density at radius 1 is 0.507 bits per heavy atom. The molecular formula is C53H94O14. The summed E-state index contributed by atoms with van der Waals surface area (Å²) < 4.78 is 34.2. The van der Waals surface area contributed by atoms with Crippen LogP contribution in [0.1, 0.15) is 181 Å². The summed E-state index contributed by atoms with van der Waals surface area (Å²) in [5.74, 6) is -0.454. The summed E-state index contributed by atoms with van der Waals surface area (Å²) in [6.45, 7) is 3.49. The van der Waals surface area contributed by atoms with Gasteiger partial charge in [-0.15, -0.1) is 0 Å². The molecular weight excluding hydrogens is 861 g/mol. The van der Waals surface area contributed by atoms with Crippen LogP contribution < -0.4 is 0 Å². The molecule has 0 bridgehead atoms. The van der Waals surface area contributed by atoms with Crippen LogP contribution in [-0.2, 0) is 33.2 Å². The van der Waals surface area contributed by atoms with Gasteiger partial charge < -0.3 is 64.2 Å². The van der Waals surface area contributed by atoms with E-state index in [1.807, 2.05) is 12.2 Å². The first-order valence-electron chi connectivity index (χ1n) is 26.2. The second kappa shape index (κ2) is 40.7. The van der Waals surface area contributed by atoms with Gasteiger partial charge in [-0.2, -0.15) is 0 Å². The zero-order valence-electron chi connectivity index (χ0n) is 41.4. The van der Waals surface area contributed by atoms with Crippen molar-refractivity contribution >= 4 is 5.97 Å². The lowest BCUT2D eigenvalue weighted by molar-refractivity contribution is -0.332. The van der Waals surface area contributed by atoms with E-state index in [4.69, 9.17) is 28.4 Å². The molecule has 2 rings (SSSR count). The van der Waals surface area contributed by atoms with Gasteiger partial charge in [-0.25, -0.2) is 0 Å². The van der Waals surface area contributed by atoms with E-state index < -0.39 is 86.7 Å². The van der Waals surface area contributed by atoms with E-state index in [0.29, 0.717) is 13.0 Å². The lowest BCUT2D eigenvalue weighted by Crippen LogP contribution is -2.61. The molecule has 14 heteroatoms. The lowest BCUT2D eigenvalue weighted by Gasteiger charge is -2.42. The molecule has 2 saturated heterocycles. The van der Waals surface area contributed by atoms with Crippen molar-refractivity contribution in [3.8, 4) is 0 Å². The van der Waals surface area contributed by atoms with E-state index in [9.17, 15) is 40.5 Å². The molecule has 2 aliphatic heterocycles. The number of unbranched alkanes of at least 4 members (excludes halogenated alkanes) is 19. The third-order valence-corrected chi connectivity index (χ3v) is 12.4. The number of hydrogen-bond donors (Lipinski definition) is 7. The lowest BCUT2D eigenvalue weighted by atomic mass is 9.98. The van der Waals surface area contributed by atoms with Crippen molar-refractivity contribution in [1.82, 2.24) is 0 Å². The number of allylic oxidation sites excluding steroid dienone is 8. The summed E-state index contributed by atoms with van der Waals surface area (Å²) in [5.41, 5.74) is 0. The van der Waals surface area contributed by atoms with E-state index >= 15 is 0 Å². The van der Waals surface area contributed by atoms with Crippen LogP contribution in [0.5, 0.6) is 0 Å². The maximum Gasteiger partial charge on any atom is 0.306 e. The molecule has 11 atom stereocenters. The molecule has 2 heterocycles. The SMILES string of the molecule is CC/C=C\C/C=C\C/C=C\C/C=C\CCC(=O)OC(COCCCCCCCCCCCCCCCCCCCCCC)COC1OC(COC2OC(CO)C(O)C(O)C2O)C(O)C(O)C1O. The highest BCUT2D eigenvalue weighted by molar-refractivity contribution is 5.69.